The van der Waals surface area contributed by atoms with Gasteiger partial charge in [-0.3, -0.25) is 0 Å². The number of methoxy groups -OCH3 is 1. The molecule has 4 rings (SSSR count). The highest BCUT2D eigenvalue weighted by Gasteiger charge is 2.23. The van der Waals surface area contributed by atoms with Gasteiger partial charge in [0.1, 0.15) is 18.2 Å². The largest absolute Gasteiger partial charge is 0.490 e. The number of hydrogen-bond acceptors (Lipinski definition) is 5. The number of aliphatic imine (C=N–C) groups is 1. The SMILES string of the molecule is CCNC(=NCc1ccccc1OC1CCC1)NC1CCc2nc(COC)nn2C1.I. The van der Waals surface area contributed by atoms with Gasteiger partial charge in [-0.25, -0.2) is 14.7 Å². The Kier molecular flexibility index (Phi) is 8.94. The molecule has 0 radical (unpaired) electrons. The van der Waals surface area contributed by atoms with Crippen LogP contribution in [0.5, 0.6) is 5.75 Å². The third-order valence-electron chi connectivity index (χ3n) is 5.59. The highest BCUT2D eigenvalue weighted by Crippen LogP contribution is 2.28. The van der Waals surface area contributed by atoms with Gasteiger partial charge in [0.2, 0.25) is 0 Å². The molecule has 1 aliphatic heterocycles. The number of halogens is 1. The third kappa shape index (κ3) is 6.31. The Hall–Kier alpha value is -1.88. The van der Waals surface area contributed by atoms with Gasteiger partial charge in [0.05, 0.1) is 19.2 Å². The van der Waals surface area contributed by atoms with Gasteiger partial charge in [0, 0.05) is 31.7 Å². The number of aromatic nitrogens is 3. The van der Waals surface area contributed by atoms with E-state index < -0.39 is 0 Å². The molecular formula is C22H33IN6O2. The predicted molar refractivity (Wildman–Crippen MR) is 131 cm³/mol. The van der Waals surface area contributed by atoms with Crippen LogP contribution in [0.15, 0.2) is 29.3 Å². The van der Waals surface area contributed by atoms with Gasteiger partial charge in [-0.2, -0.15) is 5.10 Å². The zero-order chi connectivity index (χ0) is 20.8. The van der Waals surface area contributed by atoms with Crippen molar-refractivity contribution in [1.82, 2.24) is 25.4 Å². The van der Waals surface area contributed by atoms with Gasteiger partial charge in [-0.1, -0.05) is 18.2 Å². The molecule has 2 N–H and O–H groups in total. The van der Waals surface area contributed by atoms with Crippen LogP contribution in [0, 0.1) is 0 Å². The molecule has 0 bridgehead atoms. The Labute approximate surface area is 201 Å². The maximum absolute atomic E-state index is 6.15. The van der Waals surface area contributed by atoms with Crippen LogP contribution >= 0.6 is 24.0 Å². The van der Waals surface area contributed by atoms with E-state index in [1.165, 1.54) is 6.42 Å². The van der Waals surface area contributed by atoms with Crippen LogP contribution in [0.25, 0.3) is 0 Å². The van der Waals surface area contributed by atoms with Crippen molar-refractivity contribution >= 4 is 29.9 Å². The second kappa shape index (κ2) is 11.7. The monoisotopic (exact) mass is 540 g/mol. The van der Waals surface area contributed by atoms with E-state index in [1.807, 2.05) is 16.8 Å². The number of fused-ring (bicyclic) bond motifs is 1. The highest BCUT2D eigenvalue weighted by molar-refractivity contribution is 14.0. The molecule has 9 heteroatoms. The van der Waals surface area contributed by atoms with Gasteiger partial charge in [0.25, 0.3) is 0 Å². The first-order valence-corrected chi connectivity index (χ1v) is 11.0. The van der Waals surface area contributed by atoms with Crippen LogP contribution in [0.2, 0.25) is 0 Å². The number of nitrogens with one attached hydrogen (secondary N) is 2. The van der Waals surface area contributed by atoms with E-state index in [2.05, 4.69) is 39.8 Å². The van der Waals surface area contributed by atoms with Crippen LogP contribution in [-0.2, 0) is 30.9 Å². The van der Waals surface area contributed by atoms with E-state index in [-0.39, 0.29) is 30.0 Å². The second-order valence-corrected chi connectivity index (χ2v) is 7.91. The van der Waals surface area contributed by atoms with Crippen molar-refractivity contribution in [2.75, 3.05) is 13.7 Å². The molecule has 0 saturated heterocycles. The van der Waals surface area contributed by atoms with E-state index in [1.54, 1.807) is 7.11 Å². The zero-order valence-electron chi connectivity index (χ0n) is 18.3. The normalized spacial score (nSPS) is 18.5. The average Bonchev–Trinajstić information content (AvgIpc) is 3.12. The number of aryl methyl sites for hydroxylation is 1. The molecule has 2 aliphatic rings. The molecule has 1 saturated carbocycles. The minimum atomic E-state index is 0. The summed E-state index contributed by atoms with van der Waals surface area (Å²) in [6, 6.07) is 8.48. The van der Waals surface area contributed by atoms with Crippen molar-refractivity contribution in [2.45, 2.75) is 70.9 Å². The quantitative estimate of drug-likeness (QED) is 0.304. The highest BCUT2D eigenvalue weighted by atomic mass is 127. The van der Waals surface area contributed by atoms with E-state index >= 15 is 0 Å². The molecule has 2 aromatic rings. The number of para-hydroxylation sites is 1. The topological polar surface area (TPSA) is 85.6 Å². The number of ether oxygens (including phenoxy) is 2. The summed E-state index contributed by atoms with van der Waals surface area (Å²) in [5.41, 5.74) is 1.12. The number of nitrogens with zero attached hydrogens (tertiary/aromatic N) is 4. The summed E-state index contributed by atoms with van der Waals surface area (Å²) >= 11 is 0. The van der Waals surface area contributed by atoms with E-state index in [0.717, 1.165) is 67.7 Å². The Bertz CT molecular complexity index is 867. The molecule has 0 spiro atoms. The first-order valence-electron chi connectivity index (χ1n) is 11.0. The fraction of sp³-hybridized carbons (Fsp3) is 0.591. The van der Waals surface area contributed by atoms with Gasteiger partial charge in [0.15, 0.2) is 11.8 Å². The van der Waals surface area contributed by atoms with Gasteiger partial charge >= 0.3 is 0 Å². The fourth-order valence-electron chi connectivity index (χ4n) is 3.76. The lowest BCUT2D eigenvalue weighted by atomic mass is 9.96. The molecule has 1 aliphatic carbocycles. The summed E-state index contributed by atoms with van der Waals surface area (Å²) < 4.78 is 13.3. The third-order valence-corrected chi connectivity index (χ3v) is 5.59. The first-order chi connectivity index (χ1) is 14.7. The molecule has 1 atom stereocenters. The molecule has 2 heterocycles. The standard InChI is InChI=1S/C22H32N6O2.HI/c1-3-23-22(24-13-16-7-4-5-10-19(16)30-18-8-6-9-18)25-17-11-12-21-26-20(15-29-2)27-28(21)14-17;/h4-5,7,10,17-18H,3,6,8-9,11-15H2,1-2H3,(H2,23,24,25);1H. The summed E-state index contributed by atoms with van der Waals surface area (Å²) in [5, 5.41) is 11.5. The van der Waals surface area contributed by atoms with Crippen molar-refractivity contribution in [2.24, 2.45) is 4.99 Å². The van der Waals surface area contributed by atoms with Crippen molar-refractivity contribution in [3.05, 3.63) is 41.5 Å². The second-order valence-electron chi connectivity index (χ2n) is 7.91. The first kappa shape index (κ1) is 23.8. The van der Waals surface area contributed by atoms with Gasteiger partial charge < -0.3 is 20.1 Å². The molecule has 31 heavy (non-hydrogen) atoms. The van der Waals surface area contributed by atoms with Crippen LogP contribution in [0.4, 0.5) is 0 Å². The molecule has 1 aromatic carbocycles. The minimum Gasteiger partial charge on any atom is -0.490 e. The molecule has 1 aromatic heterocycles. The zero-order valence-corrected chi connectivity index (χ0v) is 20.7. The molecular weight excluding hydrogens is 507 g/mol. The summed E-state index contributed by atoms with van der Waals surface area (Å²) in [7, 11) is 1.67. The molecule has 0 amide bonds. The lowest BCUT2D eigenvalue weighted by Gasteiger charge is -2.27. The molecule has 8 nitrogen and oxygen atoms in total. The van der Waals surface area contributed by atoms with Crippen molar-refractivity contribution in [1.29, 1.82) is 0 Å². The molecule has 1 unspecified atom stereocenters. The Morgan fingerprint density at radius 1 is 1.26 bits per heavy atom. The smallest absolute Gasteiger partial charge is 0.191 e. The van der Waals surface area contributed by atoms with Crippen molar-refractivity contribution in [3.63, 3.8) is 0 Å². The van der Waals surface area contributed by atoms with Crippen LogP contribution in [0.1, 0.15) is 49.8 Å². The maximum Gasteiger partial charge on any atom is 0.191 e. The lowest BCUT2D eigenvalue weighted by Crippen LogP contribution is -2.47. The summed E-state index contributed by atoms with van der Waals surface area (Å²) in [5.74, 6) is 3.56. The Morgan fingerprint density at radius 2 is 2.10 bits per heavy atom. The predicted octanol–water partition coefficient (Wildman–Crippen LogP) is 3.04. The van der Waals surface area contributed by atoms with Crippen molar-refractivity contribution < 1.29 is 9.47 Å². The molecule has 170 valence electrons. The van der Waals surface area contributed by atoms with Crippen LogP contribution < -0.4 is 15.4 Å². The van der Waals surface area contributed by atoms with Crippen LogP contribution in [-0.4, -0.2) is 46.5 Å². The molecule has 1 fully saturated rings. The summed E-state index contributed by atoms with van der Waals surface area (Å²) in [6.45, 7) is 4.70. The fourth-order valence-corrected chi connectivity index (χ4v) is 3.76. The van der Waals surface area contributed by atoms with E-state index in [9.17, 15) is 0 Å². The Morgan fingerprint density at radius 3 is 2.84 bits per heavy atom. The van der Waals surface area contributed by atoms with Crippen LogP contribution in [0.3, 0.4) is 0 Å². The lowest BCUT2D eigenvalue weighted by molar-refractivity contribution is 0.119. The number of rotatable bonds is 8. The van der Waals surface area contributed by atoms with E-state index in [0.29, 0.717) is 19.3 Å². The Balaban J connectivity index is 0.00000272. The summed E-state index contributed by atoms with van der Waals surface area (Å²) in [4.78, 5) is 9.38. The maximum atomic E-state index is 6.15. The van der Waals surface area contributed by atoms with Gasteiger partial charge in [-0.15, -0.1) is 24.0 Å². The average molecular weight is 540 g/mol. The number of hydrogen-bond donors (Lipinski definition) is 2. The van der Waals surface area contributed by atoms with E-state index in [4.69, 9.17) is 14.5 Å². The summed E-state index contributed by atoms with van der Waals surface area (Å²) in [6.07, 6.45) is 5.83. The minimum absolute atomic E-state index is 0. The number of benzene rings is 1. The number of guanidine groups is 1. The van der Waals surface area contributed by atoms with Crippen molar-refractivity contribution in [3.8, 4) is 5.75 Å². The van der Waals surface area contributed by atoms with Gasteiger partial charge in [-0.05, 0) is 38.7 Å².